The predicted molar refractivity (Wildman–Crippen MR) is 67.1 cm³/mol. The Labute approximate surface area is 108 Å². The van der Waals surface area contributed by atoms with Crippen molar-refractivity contribution in [3.63, 3.8) is 0 Å². The van der Waals surface area contributed by atoms with Gasteiger partial charge >= 0.3 is 7.60 Å². The van der Waals surface area contributed by atoms with Gasteiger partial charge in [0.2, 0.25) is 0 Å². The summed E-state index contributed by atoms with van der Waals surface area (Å²) >= 11 is 0. The second kappa shape index (κ2) is 4.24. The van der Waals surface area contributed by atoms with E-state index in [4.69, 9.17) is 15.5 Å². The van der Waals surface area contributed by atoms with Gasteiger partial charge in [0.25, 0.3) is 0 Å². The van der Waals surface area contributed by atoms with Gasteiger partial charge in [0.15, 0.2) is 11.5 Å². The summed E-state index contributed by atoms with van der Waals surface area (Å²) in [6.45, 7) is 1.23. The molecule has 9 nitrogen and oxygen atoms in total. The number of hydrogen-bond acceptors (Lipinski definition) is 6. The largest absolute Gasteiger partial charge is 0.382 e. The van der Waals surface area contributed by atoms with Crippen LogP contribution in [-0.2, 0) is 11.1 Å². The number of nitrogens with zero attached hydrogens (tertiary/aromatic N) is 5. The first-order valence-corrected chi connectivity index (χ1v) is 7.44. The summed E-state index contributed by atoms with van der Waals surface area (Å²) in [5, 5.41) is 0. The average molecular weight is 284 g/mol. The zero-order chi connectivity index (χ0) is 13.6. The van der Waals surface area contributed by atoms with E-state index in [1.54, 1.807) is 11.2 Å². The molecule has 102 valence electrons. The number of nitrogen functional groups attached to an aromatic ring is 1. The SMILES string of the molecule is Nc1ncnc2c1ncn2CC1CN1CP(=O)(O)O. The van der Waals surface area contributed by atoms with E-state index in [2.05, 4.69) is 15.0 Å². The molecule has 0 bridgehead atoms. The number of fused-ring (bicyclic) bond motifs is 1. The van der Waals surface area contributed by atoms with Crippen LogP contribution in [0.5, 0.6) is 0 Å². The van der Waals surface area contributed by atoms with E-state index in [9.17, 15) is 4.57 Å². The average Bonchev–Trinajstić information content (AvgIpc) is 2.85. The summed E-state index contributed by atoms with van der Waals surface area (Å²) in [6.07, 6.45) is 2.78. The Hall–Kier alpha value is -1.54. The highest BCUT2D eigenvalue weighted by atomic mass is 31.2. The van der Waals surface area contributed by atoms with Crippen LogP contribution in [0, 0.1) is 0 Å². The molecule has 0 amide bonds. The molecule has 2 atom stereocenters. The van der Waals surface area contributed by atoms with Gasteiger partial charge in [0.1, 0.15) is 18.1 Å². The van der Waals surface area contributed by atoms with Crippen molar-refractivity contribution < 1.29 is 14.4 Å². The standard InChI is InChI=1S/C9H13N6O3P/c10-8-7-9(12-3-11-8)14(4-13-7)1-6-2-15(6)5-19(16,17)18/h3-4,6H,1-2,5H2,(H2,10,11,12)(H2,16,17,18). The van der Waals surface area contributed by atoms with Gasteiger partial charge in [0, 0.05) is 19.1 Å². The lowest BCUT2D eigenvalue weighted by Crippen LogP contribution is -2.11. The number of anilines is 1. The fourth-order valence-electron chi connectivity index (χ4n) is 2.07. The van der Waals surface area contributed by atoms with Gasteiger partial charge in [-0.1, -0.05) is 0 Å². The van der Waals surface area contributed by atoms with Crippen LogP contribution in [-0.4, -0.2) is 53.1 Å². The van der Waals surface area contributed by atoms with Crippen molar-refractivity contribution >= 4 is 24.6 Å². The maximum atomic E-state index is 10.9. The molecule has 2 aromatic heterocycles. The van der Waals surface area contributed by atoms with Crippen molar-refractivity contribution in [1.29, 1.82) is 0 Å². The molecule has 2 aromatic rings. The number of hydrogen-bond donors (Lipinski definition) is 3. The molecular formula is C9H13N6O3P. The molecule has 0 saturated carbocycles. The van der Waals surface area contributed by atoms with Crippen LogP contribution in [0.2, 0.25) is 0 Å². The van der Waals surface area contributed by atoms with Crippen molar-refractivity contribution in [3.05, 3.63) is 12.7 Å². The molecule has 4 N–H and O–H groups in total. The highest BCUT2D eigenvalue weighted by Gasteiger charge is 2.38. The summed E-state index contributed by atoms with van der Waals surface area (Å²) in [6, 6.07) is 0.0983. The first-order valence-electron chi connectivity index (χ1n) is 5.64. The molecule has 1 aliphatic rings. The number of rotatable bonds is 4. The third-order valence-corrected chi connectivity index (χ3v) is 3.76. The van der Waals surface area contributed by atoms with E-state index in [-0.39, 0.29) is 12.3 Å². The topological polar surface area (TPSA) is 130 Å². The van der Waals surface area contributed by atoms with E-state index in [0.717, 1.165) is 0 Å². The lowest BCUT2D eigenvalue weighted by atomic mass is 10.4. The summed E-state index contributed by atoms with van der Waals surface area (Å²) in [7, 11) is -3.99. The Bertz CT molecular complexity index is 667. The molecule has 1 fully saturated rings. The molecule has 1 aliphatic heterocycles. The Morgan fingerprint density at radius 2 is 2.21 bits per heavy atom. The normalized spacial score (nSPS) is 22.8. The van der Waals surface area contributed by atoms with Gasteiger partial charge in [-0.2, -0.15) is 0 Å². The van der Waals surface area contributed by atoms with Crippen LogP contribution >= 0.6 is 7.60 Å². The van der Waals surface area contributed by atoms with E-state index < -0.39 is 7.60 Å². The van der Waals surface area contributed by atoms with Gasteiger partial charge in [-0.3, -0.25) is 9.46 Å². The first kappa shape index (κ1) is 12.5. The second-order valence-electron chi connectivity index (χ2n) is 4.56. The molecule has 0 aromatic carbocycles. The molecule has 10 heteroatoms. The van der Waals surface area contributed by atoms with Crippen molar-refractivity contribution in [1.82, 2.24) is 24.4 Å². The van der Waals surface area contributed by atoms with Crippen LogP contribution in [0.15, 0.2) is 12.7 Å². The van der Waals surface area contributed by atoms with E-state index >= 15 is 0 Å². The number of aromatic nitrogens is 4. The Morgan fingerprint density at radius 1 is 1.42 bits per heavy atom. The highest BCUT2D eigenvalue weighted by Crippen LogP contribution is 2.39. The summed E-state index contributed by atoms with van der Waals surface area (Å²) in [5.74, 6) is 0.326. The van der Waals surface area contributed by atoms with E-state index in [1.807, 2.05) is 4.57 Å². The maximum absolute atomic E-state index is 10.9. The minimum absolute atomic E-state index is 0.0983. The monoisotopic (exact) mass is 284 g/mol. The van der Waals surface area contributed by atoms with Gasteiger partial charge in [-0.15, -0.1) is 0 Å². The Kier molecular flexibility index (Phi) is 2.79. The first-order chi connectivity index (χ1) is 8.94. The molecular weight excluding hydrogens is 271 g/mol. The van der Waals surface area contributed by atoms with E-state index in [0.29, 0.717) is 30.1 Å². The summed E-state index contributed by atoms with van der Waals surface area (Å²) in [5.41, 5.74) is 6.87. The van der Waals surface area contributed by atoms with Crippen LogP contribution in [0.1, 0.15) is 0 Å². The molecule has 1 saturated heterocycles. The molecule has 3 heterocycles. The fourth-order valence-corrected chi connectivity index (χ4v) is 2.89. The van der Waals surface area contributed by atoms with Crippen molar-refractivity contribution in [2.75, 3.05) is 18.6 Å². The second-order valence-corrected chi connectivity index (χ2v) is 6.17. The highest BCUT2D eigenvalue weighted by molar-refractivity contribution is 7.51. The molecule has 0 spiro atoms. The quantitative estimate of drug-likeness (QED) is 0.492. The van der Waals surface area contributed by atoms with Crippen molar-refractivity contribution in [2.24, 2.45) is 0 Å². The lowest BCUT2D eigenvalue weighted by molar-refractivity contribution is 0.352. The van der Waals surface area contributed by atoms with Crippen LogP contribution in [0.3, 0.4) is 0 Å². The maximum Gasteiger partial charge on any atom is 0.339 e. The Balaban J connectivity index is 1.74. The van der Waals surface area contributed by atoms with Gasteiger partial charge in [-0.05, 0) is 0 Å². The third-order valence-electron chi connectivity index (χ3n) is 3.03. The fraction of sp³-hybridized carbons (Fsp3) is 0.444. The van der Waals surface area contributed by atoms with Crippen LogP contribution in [0.25, 0.3) is 11.2 Å². The van der Waals surface area contributed by atoms with Gasteiger partial charge < -0.3 is 20.1 Å². The molecule has 19 heavy (non-hydrogen) atoms. The minimum Gasteiger partial charge on any atom is -0.382 e. The zero-order valence-corrected chi connectivity index (χ0v) is 10.8. The zero-order valence-electron chi connectivity index (χ0n) is 9.92. The van der Waals surface area contributed by atoms with Crippen LogP contribution in [0.4, 0.5) is 5.82 Å². The predicted octanol–water partition coefficient (Wildman–Crippen LogP) is -0.772. The summed E-state index contributed by atoms with van der Waals surface area (Å²) in [4.78, 5) is 31.6. The van der Waals surface area contributed by atoms with E-state index in [1.165, 1.54) is 6.33 Å². The Morgan fingerprint density at radius 3 is 2.95 bits per heavy atom. The molecule has 0 radical (unpaired) electrons. The lowest BCUT2D eigenvalue weighted by Gasteiger charge is -2.06. The molecule has 2 unspecified atom stereocenters. The van der Waals surface area contributed by atoms with Crippen molar-refractivity contribution in [3.8, 4) is 0 Å². The third kappa shape index (κ3) is 2.59. The van der Waals surface area contributed by atoms with Crippen molar-refractivity contribution in [2.45, 2.75) is 12.6 Å². The summed E-state index contributed by atoms with van der Waals surface area (Å²) < 4.78 is 12.7. The smallest absolute Gasteiger partial charge is 0.339 e. The number of imidazole rings is 1. The molecule has 3 rings (SSSR count). The minimum atomic E-state index is -3.99. The molecule has 0 aliphatic carbocycles. The van der Waals surface area contributed by atoms with Gasteiger partial charge in [-0.25, -0.2) is 15.0 Å². The van der Waals surface area contributed by atoms with Gasteiger partial charge in [0.05, 0.1) is 6.33 Å². The van der Waals surface area contributed by atoms with Crippen LogP contribution < -0.4 is 5.73 Å². The number of nitrogens with two attached hydrogens (primary N) is 1.